The SMILES string of the molecule is [2H]c1nccc(NCC2CCN(c3ccncc3)CC2)c1N. The van der Waals surface area contributed by atoms with Gasteiger partial charge in [0.15, 0.2) is 0 Å². The predicted molar refractivity (Wildman–Crippen MR) is 86.3 cm³/mol. The quantitative estimate of drug-likeness (QED) is 0.902. The second-order valence-electron chi connectivity index (χ2n) is 5.40. The molecule has 5 nitrogen and oxygen atoms in total. The zero-order chi connectivity index (χ0) is 15.4. The third-order valence-electron chi connectivity index (χ3n) is 4.01. The molecule has 1 aliphatic heterocycles. The van der Waals surface area contributed by atoms with Crippen LogP contribution in [0.1, 0.15) is 14.2 Å². The van der Waals surface area contributed by atoms with Crippen LogP contribution in [0.15, 0.2) is 43.0 Å². The lowest BCUT2D eigenvalue weighted by Crippen LogP contribution is -2.35. The number of aromatic nitrogens is 2. The van der Waals surface area contributed by atoms with Gasteiger partial charge in [-0.2, -0.15) is 0 Å². The van der Waals surface area contributed by atoms with Gasteiger partial charge < -0.3 is 16.0 Å². The summed E-state index contributed by atoms with van der Waals surface area (Å²) in [5.74, 6) is 0.625. The summed E-state index contributed by atoms with van der Waals surface area (Å²) in [5, 5.41) is 3.36. The van der Waals surface area contributed by atoms with Crippen LogP contribution in [0.5, 0.6) is 0 Å². The van der Waals surface area contributed by atoms with E-state index in [1.54, 1.807) is 6.20 Å². The molecule has 2 aromatic rings. The molecule has 2 aromatic heterocycles. The topological polar surface area (TPSA) is 67.1 Å². The Bertz CT molecular complexity index is 611. The monoisotopic (exact) mass is 284 g/mol. The highest BCUT2D eigenvalue weighted by molar-refractivity contribution is 5.64. The Hall–Kier alpha value is -2.30. The maximum Gasteiger partial charge on any atom is 0.0863 e. The molecule has 5 heteroatoms. The van der Waals surface area contributed by atoms with Crippen LogP contribution >= 0.6 is 0 Å². The van der Waals surface area contributed by atoms with Crippen LogP contribution in [0.25, 0.3) is 0 Å². The minimum Gasteiger partial charge on any atom is -0.396 e. The van der Waals surface area contributed by atoms with E-state index in [0.29, 0.717) is 11.6 Å². The van der Waals surface area contributed by atoms with E-state index in [-0.39, 0.29) is 6.17 Å². The number of nitrogens with two attached hydrogens (primary N) is 1. The average molecular weight is 284 g/mol. The van der Waals surface area contributed by atoms with Gasteiger partial charge in [0.25, 0.3) is 0 Å². The summed E-state index contributed by atoms with van der Waals surface area (Å²) in [6, 6.07) is 5.96. The zero-order valence-corrected chi connectivity index (χ0v) is 12.0. The van der Waals surface area contributed by atoms with E-state index in [2.05, 4.69) is 32.3 Å². The van der Waals surface area contributed by atoms with Gasteiger partial charge in [0, 0.05) is 43.9 Å². The number of hydrogen-bond acceptors (Lipinski definition) is 5. The first-order chi connectivity index (χ1) is 10.7. The van der Waals surface area contributed by atoms with Gasteiger partial charge in [-0.05, 0) is 37.0 Å². The molecule has 110 valence electrons. The van der Waals surface area contributed by atoms with E-state index < -0.39 is 0 Å². The summed E-state index contributed by atoms with van der Waals surface area (Å²) in [4.78, 5) is 10.3. The fraction of sp³-hybridized carbons (Fsp3) is 0.375. The summed E-state index contributed by atoms with van der Waals surface area (Å²) in [6.45, 7) is 3.01. The van der Waals surface area contributed by atoms with Crippen molar-refractivity contribution in [1.82, 2.24) is 9.97 Å². The van der Waals surface area contributed by atoms with E-state index in [1.165, 1.54) is 5.69 Å². The van der Waals surface area contributed by atoms with Crippen LogP contribution in [0.3, 0.4) is 0 Å². The zero-order valence-electron chi connectivity index (χ0n) is 13.0. The van der Waals surface area contributed by atoms with Gasteiger partial charge >= 0.3 is 0 Å². The molecule has 0 radical (unpaired) electrons. The molecular weight excluding hydrogens is 262 g/mol. The summed E-state index contributed by atoms with van der Waals surface area (Å²) in [5.41, 5.74) is 8.36. The number of hydrogen-bond donors (Lipinski definition) is 2. The van der Waals surface area contributed by atoms with Crippen molar-refractivity contribution in [2.45, 2.75) is 12.8 Å². The highest BCUT2D eigenvalue weighted by Gasteiger charge is 2.19. The van der Waals surface area contributed by atoms with Crippen molar-refractivity contribution in [2.24, 2.45) is 5.92 Å². The molecule has 0 spiro atoms. The number of nitrogen functional groups attached to an aromatic ring is 1. The summed E-state index contributed by atoms with van der Waals surface area (Å²) in [6.07, 6.45) is 7.73. The molecule has 1 aliphatic rings. The van der Waals surface area contributed by atoms with Gasteiger partial charge in [-0.25, -0.2) is 0 Å². The molecule has 0 amide bonds. The van der Waals surface area contributed by atoms with Gasteiger partial charge in [0.1, 0.15) is 0 Å². The Labute approximate surface area is 126 Å². The third kappa shape index (κ3) is 3.42. The number of pyridine rings is 2. The number of piperidine rings is 1. The normalized spacial score (nSPS) is 16.6. The number of anilines is 3. The van der Waals surface area contributed by atoms with E-state index >= 15 is 0 Å². The van der Waals surface area contributed by atoms with Crippen molar-refractivity contribution in [3.8, 4) is 0 Å². The molecule has 3 N–H and O–H groups in total. The van der Waals surface area contributed by atoms with Gasteiger partial charge in [0.2, 0.25) is 0 Å². The molecule has 3 heterocycles. The van der Waals surface area contributed by atoms with Crippen LogP contribution in [-0.4, -0.2) is 29.6 Å². The maximum absolute atomic E-state index is 7.62. The first-order valence-corrected chi connectivity index (χ1v) is 7.34. The Morgan fingerprint density at radius 1 is 1.19 bits per heavy atom. The molecule has 3 rings (SSSR count). The molecule has 0 aromatic carbocycles. The van der Waals surface area contributed by atoms with Crippen LogP contribution < -0.4 is 16.0 Å². The molecule has 0 bridgehead atoms. The van der Waals surface area contributed by atoms with Crippen molar-refractivity contribution < 1.29 is 1.37 Å². The van der Waals surface area contributed by atoms with Gasteiger partial charge in [-0.1, -0.05) is 0 Å². The second kappa shape index (κ2) is 6.43. The Morgan fingerprint density at radius 2 is 1.90 bits per heavy atom. The van der Waals surface area contributed by atoms with Gasteiger partial charge in [0.05, 0.1) is 18.9 Å². The highest BCUT2D eigenvalue weighted by Crippen LogP contribution is 2.24. The average Bonchev–Trinajstić information content (AvgIpc) is 2.57. The maximum atomic E-state index is 7.62. The minimum atomic E-state index is 0.137. The first kappa shape index (κ1) is 12.4. The standard InChI is InChI=1S/C16H21N5/c17-15-12-19-8-3-16(15)20-11-13-4-9-21(10-5-13)14-1-6-18-7-2-14/h1-3,6-8,12-13H,4-5,9-11,17H2,(H,19,20)/i12D. The predicted octanol–water partition coefficient (Wildman–Crippen LogP) is 2.39. The fourth-order valence-electron chi connectivity index (χ4n) is 2.73. The van der Waals surface area contributed by atoms with Crippen LogP contribution in [0.2, 0.25) is 0 Å². The van der Waals surface area contributed by atoms with E-state index in [9.17, 15) is 0 Å². The molecule has 21 heavy (non-hydrogen) atoms. The third-order valence-corrected chi connectivity index (χ3v) is 4.01. The Balaban J connectivity index is 1.51. The molecule has 0 aliphatic carbocycles. The molecule has 1 fully saturated rings. The lowest BCUT2D eigenvalue weighted by atomic mass is 9.96. The van der Waals surface area contributed by atoms with E-state index in [0.717, 1.165) is 38.2 Å². The summed E-state index contributed by atoms with van der Waals surface area (Å²) in [7, 11) is 0. The van der Waals surface area contributed by atoms with Crippen molar-refractivity contribution in [3.63, 3.8) is 0 Å². The summed E-state index contributed by atoms with van der Waals surface area (Å²) >= 11 is 0. The fourth-order valence-corrected chi connectivity index (χ4v) is 2.73. The van der Waals surface area contributed by atoms with Crippen LogP contribution in [0.4, 0.5) is 17.1 Å². The number of rotatable bonds is 4. The second-order valence-corrected chi connectivity index (χ2v) is 5.40. The van der Waals surface area contributed by atoms with Gasteiger partial charge in [-0.3, -0.25) is 9.97 Å². The van der Waals surface area contributed by atoms with Crippen LogP contribution in [0, 0.1) is 5.92 Å². The molecular formula is C16H21N5. The van der Waals surface area contributed by atoms with Crippen molar-refractivity contribution in [1.29, 1.82) is 0 Å². The highest BCUT2D eigenvalue weighted by atomic mass is 15.1. The molecule has 0 saturated carbocycles. The van der Waals surface area contributed by atoms with E-state index in [4.69, 9.17) is 7.10 Å². The Kier molecular flexibility index (Phi) is 3.81. The molecule has 0 atom stereocenters. The Morgan fingerprint density at radius 3 is 2.67 bits per heavy atom. The number of nitrogens with zero attached hydrogens (tertiary/aromatic N) is 3. The lowest BCUT2D eigenvalue weighted by Gasteiger charge is -2.33. The van der Waals surface area contributed by atoms with Crippen molar-refractivity contribution in [3.05, 3.63) is 43.0 Å². The first-order valence-electron chi connectivity index (χ1n) is 7.84. The largest absolute Gasteiger partial charge is 0.396 e. The van der Waals surface area contributed by atoms with Crippen LogP contribution in [-0.2, 0) is 0 Å². The number of nitrogens with one attached hydrogen (secondary N) is 1. The smallest absolute Gasteiger partial charge is 0.0863 e. The molecule has 0 unspecified atom stereocenters. The van der Waals surface area contributed by atoms with Crippen molar-refractivity contribution >= 4 is 17.1 Å². The molecule has 1 saturated heterocycles. The lowest BCUT2D eigenvalue weighted by molar-refractivity contribution is 0.423. The minimum absolute atomic E-state index is 0.137. The summed E-state index contributed by atoms with van der Waals surface area (Å²) < 4.78 is 7.62. The van der Waals surface area contributed by atoms with Gasteiger partial charge in [-0.15, -0.1) is 0 Å². The van der Waals surface area contributed by atoms with E-state index in [1.807, 2.05) is 18.5 Å². The van der Waals surface area contributed by atoms with Crippen molar-refractivity contribution in [2.75, 3.05) is 35.6 Å².